The largest absolute Gasteiger partial charge is 0.506 e. The van der Waals surface area contributed by atoms with E-state index in [1.165, 1.54) is 0 Å². The van der Waals surface area contributed by atoms with E-state index in [4.69, 9.17) is 0 Å². The summed E-state index contributed by atoms with van der Waals surface area (Å²) in [6, 6.07) is 16.9. The maximum absolute atomic E-state index is 14.0. The maximum atomic E-state index is 14.0. The number of halogens is 2. The Balaban J connectivity index is 1.08. The topological polar surface area (TPSA) is 143 Å². The first-order valence-electron chi connectivity index (χ1n) is 16.5. The second-order valence-corrected chi connectivity index (χ2v) is 14.7. The predicted molar refractivity (Wildman–Crippen MR) is 192 cm³/mol. The molecule has 258 valence electrons. The smallest absolute Gasteiger partial charge is 0.335 e. The Hall–Kier alpha value is -4.10. The first-order valence-corrected chi connectivity index (χ1v) is 18.1. The van der Waals surface area contributed by atoms with Crippen LogP contribution < -0.4 is 10.6 Å². The van der Waals surface area contributed by atoms with Crippen molar-refractivity contribution in [2.24, 2.45) is 5.92 Å². The number of phenols is 1. The van der Waals surface area contributed by atoms with Crippen LogP contribution in [0.25, 0.3) is 0 Å². The van der Waals surface area contributed by atoms with Crippen molar-refractivity contribution in [2.75, 3.05) is 31.5 Å². The maximum Gasteiger partial charge on any atom is 0.335 e. The molecule has 0 spiro atoms. The molecule has 3 heterocycles. The molecule has 3 aliphatic heterocycles. The van der Waals surface area contributed by atoms with Crippen molar-refractivity contribution in [1.29, 1.82) is 0 Å². The monoisotopic (exact) mass is 795 g/mol. The van der Waals surface area contributed by atoms with E-state index >= 15 is 0 Å². The minimum Gasteiger partial charge on any atom is -0.506 e. The van der Waals surface area contributed by atoms with Crippen molar-refractivity contribution < 1.29 is 29.4 Å². The third-order valence-corrected chi connectivity index (χ3v) is 11.0. The Kier molecular flexibility index (Phi) is 10.8. The standard InChI is InChI=1S/C36H39Br2N5O6/c37-28-18-24(19-29(38)32(28)44)20-31(33(45)41-13-9-23(10-14-41)17-22-5-7-25(8-6-22)34(46)47)40-35(48)42-15-11-27(12-16-42)43-21-26-3-1-2-4-30(26)39-36(43)49/h1-8,18-19,23,27,31,44H,9-17,20-21H2,(H,39,49)(H,40,48)(H,46,47)/t31-/m1/s1. The second-order valence-electron chi connectivity index (χ2n) is 13.0. The predicted octanol–water partition coefficient (Wildman–Crippen LogP) is 6.23. The molecule has 3 aliphatic rings. The molecule has 13 heteroatoms. The molecule has 6 rings (SSSR count). The first kappa shape index (κ1) is 34.8. The van der Waals surface area contributed by atoms with Gasteiger partial charge in [0.2, 0.25) is 5.91 Å². The average Bonchev–Trinajstić information content (AvgIpc) is 3.10. The number of likely N-dealkylation sites (tertiary alicyclic amines) is 2. The molecule has 3 aromatic carbocycles. The molecule has 4 N–H and O–H groups in total. The Morgan fingerprint density at radius 2 is 1.51 bits per heavy atom. The van der Waals surface area contributed by atoms with E-state index in [-0.39, 0.29) is 41.7 Å². The molecule has 49 heavy (non-hydrogen) atoms. The van der Waals surface area contributed by atoms with Crippen LogP contribution in [0.4, 0.5) is 15.3 Å². The van der Waals surface area contributed by atoms with E-state index in [0.717, 1.165) is 41.6 Å². The highest BCUT2D eigenvalue weighted by Crippen LogP contribution is 2.34. The number of nitrogens with one attached hydrogen (secondary N) is 2. The molecule has 1 atom stereocenters. The van der Waals surface area contributed by atoms with Gasteiger partial charge in [0.1, 0.15) is 11.8 Å². The lowest BCUT2D eigenvalue weighted by Crippen LogP contribution is -2.57. The first-order chi connectivity index (χ1) is 23.5. The summed E-state index contributed by atoms with van der Waals surface area (Å²) in [5.41, 5.74) is 3.99. The summed E-state index contributed by atoms with van der Waals surface area (Å²) in [5, 5.41) is 25.4. The van der Waals surface area contributed by atoms with Gasteiger partial charge in [0.15, 0.2) is 0 Å². The van der Waals surface area contributed by atoms with Gasteiger partial charge in [0, 0.05) is 50.9 Å². The number of anilines is 1. The van der Waals surface area contributed by atoms with E-state index in [0.29, 0.717) is 60.4 Å². The number of amides is 5. The molecule has 0 radical (unpaired) electrons. The van der Waals surface area contributed by atoms with E-state index in [2.05, 4.69) is 42.5 Å². The van der Waals surface area contributed by atoms with Crippen molar-refractivity contribution >= 4 is 61.5 Å². The number of hydrogen-bond donors (Lipinski definition) is 4. The number of nitrogens with zero attached hydrogens (tertiary/aromatic N) is 3. The van der Waals surface area contributed by atoms with Gasteiger partial charge in [-0.2, -0.15) is 0 Å². The van der Waals surface area contributed by atoms with E-state index in [1.54, 1.807) is 29.2 Å². The molecule has 0 saturated carbocycles. The van der Waals surface area contributed by atoms with Crippen molar-refractivity contribution in [3.8, 4) is 5.75 Å². The zero-order valence-electron chi connectivity index (χ0n) is 26.9. The highest BCUT2D eigenvalue weighted by Gasteiger charge is 2.35. The molecule has 0 unspecified atom stereocenters. The fourth-order valence-electron chi connectivity index (χ4n) is 7.00. The van der Waals surface area contributed by atoms with Crippen LogP contribution in [-0.4, -0.2) is 87.1 Å². The molecule has 2 fully saturated rings. The lowest BCUT2D eigenvalue weighted by molar-refractivity contribution is -0.134. The number of hydrogen-bond acceptors (Lipinski definition) is 5. The number of aromatic carboxylic acids is 1. The molecule has 2 saturated heterocycles. The summed E-state index contributed by atoms with van der Waals surface area (Å²) < 4.78 is 0.969. The van der Waals surface area contributed by atoms with Crippen LogP contribution in [0.3, 0.4) is 0 Å². The number of piperidine rings is 2. The Morgan fingerprint density at radius 1 is 0.878 bits per heavy atom. The van der Waals surface area contributed by atoms with Crippen molar-refractivity contribution in [1.82, 2.24) is 20.0 Å². The van der Waals surface area contributed by atoms with Gasteiger partial charge in [-0.25, -0.2) is 14.4 Å². The van der Waals surface area contributed by atoms with Crippen LogP contribution in [-0.2, 0) is 24.2 Å². The van der Waals surface area contributed by atoms with Crippen LogP contribution in [0.2, 0.25) is 0 Å². The van der Waals surface area contributed by atoms with Crippen LogP contribution in [0.1, 0.15) is 52.7 Å². The summed E-state index contributed by atoms with van der Waals surface area (Å²) in [6.07, 6.45) is 3.90. The highest BCUT2D eigenvalue weighted by atomic mass is 79.9. The second kappa shape index (κ2) is 15.2. The van der Waals surface area contributed by atoms with Crippen molar-refractivity contribution in [2.45, 2.75) is 57.2 Å². The van der Waals surface area contributed by atoms with Gasteiger partial charge < -0.3 is 35.5 Å². The van der Waals surface area contributed by atoms with Gasteiger partial charge in [-0.05, 0) is 117 Å². The minimum absolute atomic E-state index is 0.00191. The molecule has 0 aromatic heterocycles. The normalized spacial score (nSPS) is 17.7. The molecule has 0 bridgehead atoms. The van der Waals surface area contributed by atoms with Gasteiger partial charge in [-0.3, -0.25) is 4.79 Å². The minimum atomic E-state index is -0.950. The fourth-order valence-corrected chi connectivity index (χ4v) is 8.29. The highest BCUT2D eigenvalue weighted by molar-refractivity contribution is 9.11. The molecular weight excluding hydrogens is 758 g/mol. The summed E-state index contributed by atoms with van der Waals surface area (Å²) in [6.45, 7) is 2.55. The third-order valence-electron chi connectivity index (χ3n) is 9.82. The fraction of sp³-hybridized carbons (Fsp3) is 0.389. The summed E-state index contributed by atoms with van der Waals surface area (Å²) in [5.74, 6) is -0.691. The van der Waals surface area contributed by atoms with Crippen LogP contribution in [0.15, 0.2) is 69.6 Å². The lowest BCUT2D eigenvalue weighted by Gasteiger charge is -2.41. The number of phenolic OH excluding ortho intramolecular Hbond substituents is 1. The number of carboxylic acids is 1. The third kappa shape index (κ3) is 8.21. The van der Waals surface area contributed by atoms with E-state index < -0.39 is 12.0 Å². The summed E-state index contributed by atoms with van der Waals surface area (Å²) >= 11 is 6.76. The number of benzene rings is 3. The van der Waals surface area contributed by atoms with Gasteiger partial charge in [0.25, 0.3) is 0 Å². The number of rotatable bonds is 8. The molecule has 0 aliphatic carbocycles. The number of carbonyl (C=O) groups excluding carboxylic acids is 3. The Labute approximate surface area is 301 Å². The van der Waals surface area contributed by atoms with Gasteiger partial charge >= 0.3 is 18.0 Å². The molecule has 3 aromatic rings. The Bertz CT molecular complexity index is 1700. The zero-order chi connectivity index (χ0) is 34.7. The lowest BCUT2D eigenvalue weighted by atomic mass is 9.89. The number of aromatic hydroxyl groups is 1. The van der Waals surface area contributed by atoms with Crippen LogP contribution in [0.5, 0.6) is 5.75 Å². The van der Waals surface area contributed by atoms with Crippen molar-refractivity contribution in [3.05, 3.63) is 91.9 Å². The van der Waals surface area contributed by atoms with Crippen molar-refractivity contribution in [3.63, 3.8) is 0 Å². The summed E-state index contributed by atoms with van der Waals surface area (Å²) in [4.78, 5) is 57.1. The number of para-hydroxylation sites is 1. The van der Waals surface area contributed by atoms with E-state index in [9.17, 15) is 29.4 Å². The molecular formula is C36H39Br2N5O6. The number of carboxylic acid groups (broad SMARTS) is 1. The van der Waals surface area contributed by atoms with Crippen LogP contribution in [0, 0.1) is 5.92 Å². The SMILES string of the molecule is O=C(O)c1ccc(CC2CCN(C(=O)[C@@H](Cc3cc(Br)c(O)c(Br)c3)NC(=O)N3CCC(N4Cc5ccccc5NC4=O)CC3)CC2)cc1. The van der Waals surface area contributed by atoms with E-state index in [1.807, 2.05) is 46.2 Å². The number of urea groups is 2. The zero-order valence-corrected chi connectivity index (χ0v) is 30.1. The summed E-state index contributed by atoms with van der Waals surface area (Å²) in [7, 11) is 0. The van der Waals surface area contributed by atoms with Gasteiger partial charge in [-0.1, -0.05) is 30.3 Å². The molecule has 5 amide bonds. The van der Waals surface area contributed by atoms with Gasteiger partial charge in [0.05, 0.1) is 14.5 Å². The quantitative estimate of drug-likeness (QED) is 0.213. The van der Waals surface area contributed by atoms with Gasteiger partial charge in [-0.15, -0.1) is 0 Å². The average molecular weight is 798 g/mol. The Morgan fingerprint density at radius 3 is 2.16 bits per heavy atom. The number of fused-ring (bicyclic) bond motifs is 1. The molecule has 11 nitrogen and oxygen atoms in total. The van der Waals surface area contributed by atoms with Crippen LogP contribution >= 0.6 is 31.9 Å². The number of carbonyl (C=O) groups is 4.